The SMILES string of the molecule is Cc1ccccc1-n1nc2c(c1NC(=O)c1c(F)cccc1F)C[S@](=O)C2. The number of carbonyl (C=O) groups excluding carboxylic acids is 1. The summed E-state index contributed by atoms with van der Waals surface area (Å²) < 4.78 is 41.4. The highest BCUT2D eigenvalue weighted by Crippen LogP contribution is 2.32. The molecule has 0 aliphatic carbocycles. The summed E-state index contributed by atoms with van der Waals surface area (Å²) in [6.45, 7) is 1.89. The number of para-hydroxylation sites is 1. The predicted molar refractivity (Wildman–Crippen MR) is 98.2 cm³/mol. The maximum absolute atomic E-state index is 14.0. The third-order valence-electron chi connectivity index (χ3n) is 4.44. The first-order valence-corrected chi connectivity index (χ1v) is 9.71. The number of hydrogen-bond acceptors (Lipinski definition) is 3. The van der Waals surface area contributed by atoms with E-state index in [0.717, 1.165) is 23.4 Å². The number of nitrogens with one attached hydrogen (secondary N) is 1. The molecule has 1 atom stereocenters. The number of amides is 1. The molecule has 5 nitrogen and oxygen atoms in total. The average Bonchev–Trinajstić information content (AvgIpc) is 3.12. The van der Waals surface area contributed by atoms with E-state index in [4.69, 9.17) is 0 Å². The standard InChI is InChI=1S/C19H15F2N3O2S/c1-11-5-2-3-8-16(11)24-18(12-9-27(26)10-15(12)23-24)22-19(25)17-13(20)6-4-7-14(17)21/h2-8H,9-10H2,1H3,(H,22,25)/t27-/m0/s1. The van der Waals surface area contributed by atoms with Crippen LogP contribution in [0.5, 0.6) is 0 Å². The first kappa shape index (κ1) is 17.5. The van der Waals surface area contributed by atoms with Gasteiger partial charge in [-0.15, -0.1) is 0 Å². The van der Waals surface area contributed by atoms with Gasteiger partial charge in [0.1, 0.15) is 23.0 Å². The number of aryl methyl sites for hydroxylation is 1. The van der Waals surface area contributed by atoms with Gasteiger partial charge in [0.05, 0.1) is 22.9 Å². The summed E-state index contributed by atoms with van der Waals surface area (Å²) in [6.07, 6.45) is 0. The zero-order valence-corrected chi connectivity index (χ0v) is 15.1. The summed E-state index contributed by atoms with van der Waals surface area (Å²) in [7, 11) is -1.11. The highest BCUT2D eigenvalue weighted by Gasteiger charge is 2.29. The number of fused-ring (bicyclic) bond motifs is 1. The molecule has 1 aliphatic rings. The third kappa shape index (κ3) is 3.06. The van der Waals surface area contributed by atoms with Crippen LogP contribution in [-0.2, 0) is 22.3 Å². The van der Waals surface area contributed by atoms with Gasteiger partial charge >= 0.3 is 0 Å². The summed E-state index contributed by atoms with van der Waals surface area (Å²) in [5.74, 6) is -2.01. The van der Waals surface area contributed by atoms with Crippen LogP contribution in [0.4, 0.5) is 14.6 Å². The molecule has 3 aromatic rings. The molecule has 1 amide bonds. The fourth-order valence-corrected chi connectivity index (χ4v) is 4.38. The smallest absolute Gasteiger partial charge is 0.262 e. The molecule has 2 aromatic carbocycles. The van der Waals surface area contributed by atoms with Crippen molar-refractivity contribution in [2.24, 2.45) is 0 Å². The highest BCUT2D eigenvalue weighted by molar-refractivity contribution is 7.83. The second kappa shape index (κ2) is 6.70. The Bertz CT molecular complexity index is 1070. The quantitative estimate of drug-likeness (QED) is 0.749. The molecule has 1 aromatic heterocycles. The van der Waals surface area contributed by atoms with Crippen LogP contribution in [0.25, 0.3) is 5.69 Å². The van der Waals surface area contributed by atoms with Crippen LogP contribution in [0.3, 0.4) is 0 Å². The normalized spacial score (nSPS) is 15.6. The average molecular weight is 387 g/mol. The maximum Gasteiger partial charge on any atom is 0.262 e. The van der Waals surface area contributed by atoms with E-state index in [-0.39, 0.29) is 17.3 Å². The van der Waals surface area contributed by atoms with Gasteiger partial charge in [-0.05, 0) is 30.7 Å². The summed E-state index contributed by atoms with van der Waals surface area (Å²) in [4.78, 5) is 12.6. The van der Waals surface area contributed by atoms with Gasteiger partial charge in [-0.3, -0.25) is 9.00 Å². The van der Waals surface area contributed by atoms with E-state index in [9.17, 15) is 17.8 Å². The van der Waals surface area contributed by atoms with Gasteiger partial charge in [-0.25, -0.2) is 13.5 Å². The lowest BCUT2D eigenvalue weighted by Crippen LogP contribution is -2.19. The number of nitrogens with zero attached hydrogens (tertiary/aromatic N) is 2. The van der Waals surface area contributed by atoms with Gasteiger partial charge in [0.2, 0.25) is 0 Å². The molecule has 2 heterocycles. The molecule has 0 radical (unpaired) electrons. The van der Waals surface area contributed by atoms with Crippen molar-refractivity contribution in [3.8, 4) is 5.69 Å². The lowest BCUT2D eigenvalue weighted by Gasteiger charge is -2.13. The van der Waals surface area contributed by atoms with E-state index >= 15 is 0 Å². The summed E-state index contributed by atoms with van der Waals surface area (Å²) >= 11 is 0. The number of halogens is 2. The highest BCUT2D eigenvalue weighted by atomic mass is 32.2. The minimum atomic E-state index is -1.11. The molecule has 0 saturated heterocycles. The minimum absolute atomic E-state index is 0.233. The fourth-order valence-electron chi connectivity index (χ4n) is 3.12. The molecular formula is C19H15F2N3O2S. The molecule has 0 unspecified atom stereocenters. The van der Waals surface area contributed by atoms with E-state index in [1.54, 1.807) is 0 Å². The molecule has 1 N–H and O–H groups in total. The van der Waals surface area contributed by atoms with Crippen LogP contribution in [0, 0.1) is 18.6 Å². The lowest BCUT2D eigenvalue weighted by molar-refractivity contribution is 0.101. The summed E-state index contributed by atoms with van der Waals surface area (Å²) in [6, 6.07) is 10.7. The third-order valence-corrected chi connectivity index (χ3v) is 5.64. The molecule has 1 aliphatic heterocycles. The first-order chi connectivity index (χ1) is 13.0. The van der Waals surface area contributed by atoms with E-state index in [0.29, 0.717) is 11.3 Å². The number of anilines is 1. The second-order valence-corrected chi connectivity index (χ2v) is 7.71. The number of hydrogen-bond donors (Lipinski definition) is 1. The van der Waals surface area contributed by atoms with E-state index < -0.39 is 33.9 Å². The topological polar surface area (TPSA) is 64.0 Å². The Morgan fingerprint density at radius 2 is 1.81 bits per heavy atom. The predicted octanol–water partition coefficient (Wildman–Crippen LogP) is 3.47. The number of aromatic nitrogens is 2. The number of carbonyl (C=O) groups is 1. The van der Waals surface area contributed by atoms with Crippen molar-refractivity contribution in [3.05, 3.63) is 76.5 Å². The second-order valence-electron chi connectivity index (χ2n) is 6.25. The van der Waals surface area contributed by atoms with Crippen molar-refractivity contribution < 1.29 is 17.8 Å². The zero-order valence-electron chi connectivity index (χ0n) is 14.3. The molecule has 0 saturated carbocycles. The Morgan fingerprint density at radius 1 is 1.11 bits per heavy atom. The van der Waals surface area contributed by atoms with Crippen LogP contribution in [0.2, 0.25) is 0 Å². The van der Waals surface area contributed by atoms with Gasteiger partial charge in [0.25, 0.3) is 5.91 Å². The Balaban J connectivity index is 1.82. The number of rotatable bonds is 3. The Hall–Kier alpha value is -2.87. The zero-order chi connectivity index (χ0) is 19.1. The monoisotopic (exact) mass is 387 g/mol. The van der Waals surface area contributed by atoms with Gasteiger partial charge in [0, 0.05) is 16.4 Å². The minimum Gasteiger partial charge on any atom is -0.306 e. The van der Waals surface area contributed by atoms with Crippen LogP contribution in [-0.4, -0.2) is 19.9 Å². The van der Waals surface area contributed by atoms with Gasteiger partial charge in [-0.2, -0.15) is 5.10 Å². The lowest BCUT2D eigenvalue weighted by atomic mass is 10.1. The maximum atomic E-state index is 14.0. The molecule has 8 heteroatoms. The van der Waals surface area contributed by atoms with E-state index in [1.165, 1.54) is 10.7 Å². The van der Waals surface area contributed by atoms with Crippen molar-refractivity contribution in [1.29, 1.82) is 0 Å². The summed E-state index contributed by atoms with van der Waals surface area (Å²) in [5, 5.41) is 7.07. The molecular weight excluding hydrogens is 372 g/mol. The number of benzene rings is 2. The van der Waals surface area contributed by atoms with Crippen molar-refractivity contribution in [3.63, 3.8) is 0 Å². The first-order valence-electron chi connectivity index (χ1n) is 8.23. The van der Waals surface area contributed by atoms with Crippen LogP contribution >= 0.6 is 0 Å². The van der Waals surface area contributed by atoms with E-state index in [2.05, 4.69) is 10.4 Å². The van der Waals surface area contributed by atoms with Gasteiger partial charge in [-0.1, -0.05) is 24.3 Å². The van der Waals surface area contributed by atoms with Crippen molar-refractivity contribution in [2.45, 2.75) is 18.4 Å². The van der Waals surface area contributed by atoms with Gasteiger partial charge in [0.15, 0.2) is 0 Å². The van der Waals surface area contributed by atoms with Crippen molar-refractivity contribution in [1.82, 2.24) is 9.78 Å². The molecule has 27 heavy (non-hydrogen) atoms. The Labute approximate surface area is 156 Å². The largest absolute Gasteiger partial charge is 0.306 e. The molecule has 138 valence electrons. The van der Waals surface area contributed by atoms with Crippen molar-refractivity contribution in [2.75, 3.05) is 5.32 Å². The van der Waals surface area contributed by atoms with Crippen LogP contribution in [0.1, 0.15) is 27.2 Å². The fraction of sp³-hybridized carbons (Fsp3) is 0.158. The molecule has 0 fully saturated rings. The summed E-state index contributed by atoms with van der Waals surface area (Å²) in [5.41, 5.74) is 2.21. The van der Waals surface area contributed by atoms with Crippen LogP contribution < -0.4 is 5.32 Å². The van der Waals surface area contributed by atoms with Crippen molar-refractivity contribution >= 4 is 22.5 Å². The molecule has 0 bridgehead atoms. The van der Waals surface area contributed by atoms with Crippen LogP contribution in [0.15, 0.2) is 42.5 Å². The molecule has 0 spiro atoms. The van der Waals surface area contributed by atoms with E-state index in [1.807, 2.05) is 31.2 Å². The van der Waals surface area contributed by atoms with Gasteiger partial charge < -0.3 is 5.32 Å². The Kier molecular flexibility index (Phi) is 4.35. The molecule has 4 rings (SSSR count). The Morgan fingerprint density at radius 3 is 2.52 bits per heavy atom.